The minimum atomic E-state index is -0.223. The van der Waals surface area contributed by atoms with Crippen LogP contribution in [-0.4, -0.2) is 15.9 Å². The lowest BCUT2D eigenvalue weighted by Crippen LogP contribution is -2.23. The molecule has 0 aliphatic heterocycles. The Morgan fingerprint density at radius 2 is 2.00 bits per heavy atom. The maximum absolute atomic E-state index is 12.2. The average Bonchev–Trinajstić information content (AvgIpc) is 2.61. The van der Waals surface area contributed by atoms with Crippen LogP contribution in [0.4, 0.5) is 0 Å². The fourth-order valence-corrected chi connectivity index (χ4v) is 2.33. The maximum Gasteiger partial charge on any atom is 0.254 e. The van der Waals surface area contributed by atoms with Gasteiger partial charge in [0, 0.05) is 25.0 Å². The average molecular weight is 337 g/mol. The van der Waals surface area contributed by atoms with Crippen molar-refractivity contribution < 1.29 is 9.53 Å². The molecule has 0 radical (unpaired) electrons. The van der Waals surface area contributed by atoms with E-state index in [0.29, 0.717) is 28.4 Å². The largest absolute Gasteiger partial charge is 0.439 e. The molecular weight excluding hydrogens is 322 g/mol. The lowest BCUT2D eigenvalue weighted by Gasteiger charge is -2.08. The van der Waals surface area contributed by atoms with Crippen LogP contribution in [0.2, 0.25) is 0 Å². The van der Waals surface area contributed by atoms with E-state index in [1.807, 2.05) is 36.4 Å². The summed E-state index contributed by atoms with van der Waals surface area (Å²) in [5.74, 6) is 0.964. The molecule has 0 bridgehead atoms. The van der Waals surface area contributed by atoms with Crippen molar-refractivity contribution in [1.29, 1.82) is 0 Å². The number of benzene rings is 1. The smallest absolute Gasteiger partial charge is 0.254 e. The summed E-state index contributed by atoms with van der Waals surface area (Å²) in [4.78, 5) is 19.2. The van der Waals surface area contributed by atoms with Gasteiger partial charge in [-0.05, 0) is 35.9 Å². The zero-order chi connectivity index (χ0) is 16.8. The number of carbonyl (C=O) groups excluding carboxylic acids is 1. The summed E-state index contributed by atoms with van der Waals surface area (Å²) in [7, 11) is 0. The van der Waals surface area contributed by atoms with Crippen LogP contribution < -0.4 is 10.1 Å². The third-order valence-electron chi connectivity index (χ3n) is 3.28. The van der Waals surface area contributed by atoms with Crippen molar-refractivity contribution in [3.63, 3.8) is 0 Å². The number of hydrogen-bond acceptors (Lipinski definition) is 4. The van der Waals surface area contributed by atoms with Gasteiger partial charge in [0.2, 0.25) is 5.88 Å². The number of aromatic nitrogens is 2. The van der Waals surface area contributed by atoms with Crippen LogP contribution in [0.5, 0.6) is 11.6 Å². The summed E-state index contributed by atoms with van der Waals surface area (Å²) in [5, 5.41) is 2.84. The molecule has 6 heteroatoms. The summed E-state index contributed by atoms with van der Waals surface area (Å²) in [6, 6.07) is 16.4. The highest BCUT2D eigenvalue weighted by Gasteiger charge is 2.07. The molecule has 1 amide bonds. The molecule has 0 spiro atoms. The number of nitrogens with one attached hydrogen (secondary N) is 2. The minimum absolute atomic E-state index is 0.223. The molecule has 0 fully saturated rings. The first-order chi connectivity index (χ1) is 11.7. The summed E-state index contributed by atoms with van der Waals surface area (Å²) < 4.78 is 6.10. The van der Waals surface area contributed by atoms with Crippen LogP contribution in [0.3, 0.4) is 0 Å². The predicted octanol–water partition coefficient (Wildman–Crippen LogP) is 3.86. The Hall–Kier alpha value is -2.99. The van der Waals surface area contributed by atoms with Gasteiger partial charge in [-0.25, -0.2) is 4.98 Å². The lowest BCUT2D eigenvalue weighted by atomic mass is 10.2. The van der Waals surface area contributed by atoms with Crippen molar-refractivity contribution in [2.24, 2.45) is 0 Å². The molecular formula is C18H15N3O2S. The molecule has 2 heterocycles. The molecule has 24 heavy (non-hydrogen) atoms. The van der Waals surface area contributed by atoms with E-state index < -0.39 is 0 Å². The summed E-state index contributed by atoms with van der Waals surface area (Å²) in [6.07, 6.45) is 3.34. The van der Waals surface area contributed by atoms with Crippen molar-refractivity contribution in [2.45, 2.75) is 6.54 Å². The highest BCUT2D eigenvalue weighted by Crippen LogP contribution is 2.19. The topological polar surface area (TPSA) is 67.0 Å². The van der Waals surface area contributed by atoms with Gasteiger partial charge >= 0.3 is 0 Å². The number of carbonyl (C=O) groups is 1. The monoisotopic (exact) mass is 337 g/mol. The number of hydrogen-bond donors (Lipinski definition) is 2. The van der Waals surface area contributed by atoms with Crippen LogP contribution >= 0.6 is 12.2 Å². The van der Waals surface area contributed by atoms with Gasteiger partial charge in [0.05, 0.1) is 5.56 Å². The van der Waals surface area contributed by atoms with Crippen LogP contribution in [0.15, 0.2) is 67.0 Å². The second-order valence-electron chi connectivity index (χ2n) is 5.01. The number of para-hydroxylation sites is 1. The predicted molar refractivity (Wildman–Crippen MR) is 93.5 cm³/mol. The molecule has 120 valence electrons. The summed E-state index contributed by atoms with van der Waals surface area (Å²) in [5.41, 5.74) is 1.33. The third kappa shape index (κ3) is 4.05. The van der Waals surface area contributed by atoms with Gasteiger partial charge in [-0.15, -0.1) is 0 Å². The Labute approximate surface area is 144 Å². The van der Waals surface area contributed by atoms with Gasteiger partial charge in [-0.3, -0.25) is 4.79 Å². The molecule has 2 N–H and O–H groups in total. The molecule has 5 nitrogen and oxygen atoms in total. The van der Waals surface area contributed by atoms with Gasteiger partial charge in [-0.1, -0.05) is 30.4 Å². The maximum atomic E-state index is 12.2. The van der Waals surface area contributed by atoms with Gasteiger partial charge in [0.1, 0.15) is 10.4 Å². The molecule has 3 aromatic rings. The SMILES string of the molecule is O=C(NCc1ccnc(Oc2ccccc2)c1)c1ccc[nH]c1=S. The van der Waals surface area contributed by atoms with Crippen molar-refractivity contribution in [3.05, 3.63) is 82.8 Å². The molecule has 0 unspecified atom stereocenters. The van der Waals surface area contributed by atoms with Gasteiger partial charge in [0.15, 0.2) is 0 Å². The minimum Gasteiger partial charge on any atom is -0.439 e. The Balaban J connectivity index is 1.66. The fraction of sp³-hybridized carbons (Fsp3) is 0.0556. The molecule has 0 saturated carbocycles. The van der Waals surface area contributed by atoms with Crippen LogP contribution in [0.1, 0.15) is 15.9 Å². The normalized spacial score (nSPS) is 10.2. The summed E-state index contributed by atoms with van der Waals surface area (Å²) >= 11 is 5.11. The van der Waals surface area contributed by atoms with Crippen LogP contribution in [0, 0.1) is 4.64 Å². The number of H-pyrrole nitrogens is 1. The number of amides is 1. The van der Waals surface area contributed by atoms with Gasteiger partial charge < -0.3 is 15.0 Å². The second kappa shape index (κ2) is 7.52. The Kier molecular flexibility index (Phi) is 4.98. The van der Waals surface area contributed by atoms with E-state index in [-0.39, 0.29) is 5.91 Å². The Morgan fingerprint density at radius 3 is 2.79 bits per heavy atom. The first kappa shape index (κ1) is 15.9. The molecule has 0 atom stereocenters. The Bertz CT molecular complexity index is 894. The zero-order valence-corrected chi connectivity index (χ0v) is 13.5. The van der Waals surface area contributed by atoms with Crippen LogP contribution in [0.25, 0.3) is 0 Å². The number of rotatable bonds is 5. The number of pyridine rings is 2. The van der Waals surface area contributed by atoms with Crippen molar-refractivity contribution >= 4 is 18.1 Å². The van der Waals surface area contributed by atoms with E-state index in [4.69, 9.17) is 17.0 Å². The van der Waals surface area contributed by atoms with E-state index in [1.165, 1.54) is 0 Å². The second-order valence-corrected chi connectivity index (χ2v) is 5.42. The van der Waals surface area contributed by atoms with Gasteiger partial charge in [-0.2, -0.15) is 0 Å². The summed E-state index contributed by atoms with van der Waals surface area (Å²) in [6.45, 7) is 0.357. The number of nitrogens with zero attached hydrogens (tertiary/aromatic N) is 1. The first-order valence-electron chi connectivity index (χ1n) is 7.36. The molecule has 0 aliphatic carbocycles. The van der Waals surface area contributed by atoms with E-state index in [0.717, 1.165) is 5.56 Å². The van der Waals surface area contributed by atoms with E-state index >= 15 is 0 Å². The number of ether oxygens (including phenoxy) is 1. The van der Waals surface area contributed by atoms with E-state index in [9.17, 15) is 4.79 Å². The lowest BCUT2D eigenvalue weighted by molar-refractivity contribution is 0.0950. The van der Waals surface area contributed by atoms with E-state index in [1.54, 1.807) is 30.6 Å². The van der Waals surface area contributed by atoms with Crippen molar-refractivity contribution in [1.82, 2.24) is 15.3 Å². The molecule has 1 aromatic carbocycles. The number of aromatic amines is 1. The fourth-order valence-electron chi connectivity index (χ4n) is 2.10. The molecule has 0 aliphatic rings. The van der Waals surface area contributed by atoms with E-state index in [2.05, 4.69) is 15.3 Å². The quantitative estimate of drug-likeness (QED) is 0.694. The van der Waals surface area contributed by atoms with Gasteiger partial charge in [0.25, 0.3) is 5.91 Å². The zero-order valence-electron chi connectivity index (χ0n) is 12.7. The van der Waals surface area contributed by atoms with Crippen molar-refractivity contribution in [2.75, 3.05) is 0 Å². The van der Waals surface area contributed by atoms with Crippen molar-refractivity contribution in [3.8, 4) is 11.6 Å². The molecule has 2 aromatic heterocycles. The highest BCUT2D eigenvalue weighted by molar-refractivity contribution is 7.71. The third-order valence-corrected chi connectivity index (χ3v) is 3.62. The van der Waals surface area contributed by atoms with Crippen LogP contribution in [-0.2, 0) is 6.54 Å². The standard InChI is InChI=1S/C18H15N3O2S/c22-17(15-7-4-9-20-18(15)24)21-12-13-8-10-19-16(11-13)23-14-5-2-1-3-6-14/h1-11H,12H2,(H,20,24)(H,21,22). The molecule has 0 saturated heterocycles. The molecule has 3 rings (SSSR count). The first-order valence-corrected chi connectivity index (χ1v) is 7.77. The Morgan fingerprint density at radius 1 is 1.17 bits per heavy atom. The highest BCUT2D eigenvalue weighted by atomic mass is 32.1.